The Kier molecular flexibility index (Phi) is 5.21. The van der Waals surface area contributed by atoms with E-state index in [1.165, 1.54) is 32.1 Å². The highest BCUT2D eigenvalue weighted by Gasteiger charge is 2.32. The predicted octanol–water partition coefficient (Wildman–Crippen LogP) is 3.81. The molecule has 0 N–H and O–H groups in total. The third-order valence-electron chi connectivity index (χ3n) is 4.64. The zero-order valence-corrected chi connectivity index (χ0v) is 13.1. The maximum absolute atomic E-state index is 5.28. The van der Waals surface area contributed by atoms with Gasteiger partial charge in [0.1, 0.15) is 5.82 Å². The lowest BCUT2D eigenvalue weighted by atomic mass is 9.72. The Morgan fingerprint density at radius 2 is 1.75 bits per heavy atom. The molecule has 1 aromatic rings. The van der Waals surface area contributed by atoms with E-state index in [0.717, 1.165) is 5.82 Å². The molecule has 3 atom stereocenters. The predicted molar refractivity (Wildman–Crippen MR) is 79.3 cm³/mol. The Hall–Kier alpha value is -1.32. The lowest BCUT2D eigenvalue weighted by Gasteiger charge is -2.34. The second-order valence-electron chi connectivity index (χ2n) is 5.75. The minimum Gasteiger partial charge on any atom is -0.481 e. The van der Waals surface area contributed by atoms with Crippen LogP contribution >= 0.6 is 0 Å². The number of hydrogen-bond acceptors (Lipinski definition) is 4. The van der Waals surface area contributed by atoms with Crippen molar-refractivity contribution in [3.05, 3.63) is 11.9 Å². The molecule has 4 heteroatoms. The molecular weight excluding hydrogens is 252 g/mol. The summed E-state index contributed by atoms with van der Waals surface area (Å²) in [5, 5.41) is 0. The number of nitrogens with zero attached hydrogens (tertiary/aromatic N) is 2. The molecule has 3 unspecified atom stereocenters. The zero-order chi connectivity index (χ0) is 14.5. The van der Waals surface area contributed by atoms with Crippen LogP contribution in [0.2, 0.25) is 0 Å². The van der Waals surface area contributed by atoms with Crippen molar-refractivity contribution in [3.8, 4) is 11.8 Å². The third kappa shape index (κ3) is 3.22. The number of aromatic nitrogens is 2. The summed E-state index contributed by atoms with van der Waals surface area (Å²) in [6, 6.07) is 1.74. The first-order chi connectivity index (χ1) is 9.69. The maximum atomic E-state index is 5.28. The fourth-order valence-corrected chi connectivity index (χ4v) is 3.26. The summed E-state index contributed by atoms with van der Waals surface area (Å²) in [7, 11) is 3.27. The van der Waals surface area contributed by atoms with Gasteiger partial charge in [0.15, 0.2) is 0 Å². The molecule has 1 aliphatic carbocycles. The van der Waals surface area contributed by atoms with Gasteiger partial charge in [0.05, 0.1) is 20.3 Å². The SMILES string of the molecule is CCC(C)C1CCCCC1c1nc(OC)cc(OC)n1. The minimum atomic E-state index is 0.433. The Morgan fingerprint density at radius 1 is 1.15 bits per heavy atom. The van der Waals surface area contributed by atoms with Gasteiger partial charge in [-0.3, -0.25) is 0 Å². The summed E-state index contributed by atoms with van der Waals surface area (Å²) in [6.07, 6.45) is 6.25. The van der Waals surface area contributed by atoms with E-state index in [1.807, 2.05) is 0 Å². The summed E-state index contributed by atoms with van der Waals surface area (Å²) in [6.45, 7) is 4.61. The van der Waals surface area contributed by atoms with Crippen molar-refractivity contribution in [2.24, 2.45) is 11.8 Å². The highest BCUT2D eigenvalue weighted by Crippen LogP contribution is 2.42. The lowest BCUT2D eigenvalue weighted by molar-refractivity contribution is 0.211. The molecule has 0 amide bonds. The molecule has 0 aliphatic heterocycles. The van der Waals surface area contributed by atoms with Crippen molar-refractivity contribution in [1.29, 1.82) is 0 Å². The van der Waals surface area contributed by atoms with E-state index in [-0.39, 0.29) is 0 Å². The van der Waals surface area contributed by atoms with E-state index in [9.17, 15) is 0 Å². The van der Waals surface area contributed by atoms with Gasteiger partial charge in [0.2, 0.25) is 11.8 Å². The smallest absolute Gasteiger partial charge is 0.220 e. The van der Waals surface area contributed by atoms with Crippen molar-refractivity contribution in [1.82, 2.24) is 9.97 Å². The van der Waals surface area contributed by atoms with Gasteiger partial charge < -0.3 is 9.47 Å². The molecule has 1 aliphatic rings. The highest BCUT2D eigenvalue weighted by atomic mass is 16.5. The summed E-state index contributed by atoms with van der Waals surface area (Å²) < 4.78 is 10.6. The van der Waals surface area contributed by atoms with Gasteiger partial charge in [-0.2, -0.15) is 9.97 Å². The molecule has 2 rings (SSSR count). The molecule has 0 bridgehead atoms. The van der Waals surface area contributed by atoms with Crippen molar-refractivity contribution in [3.63, 3.8) is 0 Å². The van der Waals surface area contributed by atoms with Gasteiger partial charge in [-0.05, 0) is 24.7 Å². The zero-order valence-electron chi connectivity index (χ0n) is 13.1. The molecule has 4 nitrogen and oxygen atoms in total. The van der Waals surface area contributed by atoms with Gasteiger partial charge in [-0.25, -0.2) is 0 Å². The topological polar surface area (TPSA) is 44.2 Å². The van der Waals surface area contributed by atoms with Crippen molar-refractivity contribution in [2.45, 2.75) is 51.9 Å². The average molecular weight is 278 g/mol. The van der Waals surface area contributed by atoms with E-state index in [2.05, 4.69) is 23.8 Å². The minimum absolute atomic E-state index is 0.433. The highest BCUT2D eigenvalue weighted by molar-refractivity contribution is 5.22. The second kappa shape index (κ2) is 6.91. The summed E-state index contributed by atoms with van der Waals surface area (Å²) in [4.78, 5) is 9.15. The molecule has 112 valence electrons. The largest absolute Gasteiger partial charge is 0.481 e. The monoisotopic (exact) mass is 278 g/mol. The molecule has 0 spiro atoms. The first-order valence-corrected chi connectivity index (χ1v) is 7.66. The molecule has 1 saturated carbocycles. The van der Waals surface area contributed by atoms with Gasteiger partial charge in [-0.15, -0.1) is 0 Å². The van der Waals surface area contributed by atoms with Crippen LogP contribution in [0.3, 0.4) is 0 Å². The third-order valence-corrected chi connectivity index (χ3v) is 4.64. The maximum Gasteiger partial charge on any atom is 0.220 e. The first kappa shape index (κ1) is 15.1. The molecule has 0 aromatic carbocycles. The number of methoxy groups -OCH3 is 2. The standard InChI is InChI=1S/C16H26N2O2/c1-5-11(2)12-8-6-7-9-13(12)16-17-14(19-3)10-15(18-16)20-4/h10-13H,5-9H2,1-4H3. The number of ether oxygens (including phenoxy) is 2. The Bertz CT molecular complexity index is 414. The fourth-order valence-electron chi connectivity index (χ4n) is 3.26. The Balaban J connectivity index is 2.31. The van der Waals surface area contributed by atoms with Gasteiger partial charge >= 0.3 is 0 Å². The molecule has 0 radical (unpaired) electrons. The summed E-state index contributed by atoms with van der Waals surface area (Å²) in [5.41, 5.74) is 0. The summed E-state index contributed by atoms with van der Waals surface area (Å²) in [5.74, 6) is 3.90. The molecule has 1 heterocycles. The van der Waals surface area contributed by atoms with Gasteiger partial charge in [0.25, 0.3) is 0 Å². The van der Waals surface area contributed by atoms with Crippen LogP contribution in [0, 0.1) is 11.8 Å². The molecule has 1 fully saturated rings. The van der Waals surface area contributed by atoms with Crippen LogP contribution in [0.1, 0.15) is 57.7 Å². The lowest BCUT2D eigenvalue weighted by Crippen LogP contribution is -2.25. The van der Waals surface area contributed by atoms with Gasteiger partial charge in [-0.1, -0.05) is 33.1 Å². The van der Waals surface area contributed by atoms with Crippen LogP contribution in [0.4, 0.5) is 0 Å². The first-order valence-electron chi connectivity index (χ1n) is 7.66. The van der Waals surface area contributed by atoms with Crippen molar-refractivity contribution >= 4 is 0 Å². The van der Waals surface area contributed by atoms with Gasteiger partial charge in [0, 0.05) is 5.92 Å². The summed E-state index contributed by atoms with van der Waals surface area (Å²) >= 11 is 0. The Labute approximate surface area is 121 Å². The quantitative estimate of drug-likeness (QED) is 0.821. The van der Waals surface area contributed by atoms with Crippen LogP contribution in [0.5, 0.6) is 11.8 Å². The van der Waals surface area contributed by atoms with E-state index in [0.29, 0.717) is 29.5 Å². The Morgan fingerprint density at radius 3 is 2.30 bits per heavy atom. The van der Waals surface area contributed by atoms with E-state index >= 15 is 0 Å². The van der Waals surface area contributed by atoms with Crippen LogP contribution in [-0.2, 0) is 0 Å². The van der Waals surface area contributed by atoms with Crippen LogP contribution in [0.15, 0.2) is 6.07 Å². The fraction of sp³-hybridized carbons (Fsp3) is 0.750. The van der Waals surface area contributed by atoms with Crippen molar-refractivity contribution < 1.29 is 9.47 Å². The number of hydrogen-bond donors (Lipinski definition) is 0. The molecule has 1 aromatic heterocycles. The van der Waals surface area contributed by atoms with Crippen LogP contribution in [0.25, 0.3) is 0 Å². The second-order valence-corrected chi connectivity index (χ2v) is 5.75. The van der Waals surface area contributed by atoms with Crippen LogP contribution < -0.4 is 9.47 Å². The van der Waals surface area contributed by atoms with Crippen LogP contribution in [-0.4, -0.2) is 24.2 Å². The normalized spacial score (nSPS) is 24.2. The van der Waals surface area contributed by atoms with E-state index in [4.69, 9.17) is 9.47 Å². The molecular formula is C16H26N2O2. The number of rotatable bonds is 5. The van der Waals surface area contributed by atoms with E-state index < -0.39 is 0 Å². The van der Waals surface area contributed by atoms with E-state index in [1.54, 1.807) is 20.3 Å². The average Bonchev–Trinajstić information content (AvgIpc) is 2.53. The molecule has 0 saturated heterocycles. The van der Waals surface area contributed by atoms with Crippen molar-refractivity contribution in [2.75, 3.05) is 14.2 Å². The molecule has 20 heavy (non-hydrogen) atoms.